The summed E-state index contributed by atoms with van der Waals surface area (Å²) in [6.07, 6.45) is 0. The fourth-order valence-corrected chi connectivity index (χ4v) is 2.86. The van der Waals surface area contributed by atoms with Crippen molar-refractivity contribution in [2.75, 3.05) is 13.6 Å². The Morgan fingerprint density at radius 2 is 1.06 bits per heavy atom. The van der Waals surface area contributed by atoms with Crippen molar-refractivity contribution in [3.05, 3.63) is 24.3 Å². The van der Waals surface area contributed by atoms with Gasteiger partial charge in [0.05, 0.1) is 0 Å². The van der Waals surface area contributed by atoms with Gasteiger partial charge in [0, 0.05) is 11.1 Å². The Kier molecular flexibility index (Phi) is 1.31. The zero-order valence-electron chi connectivity index (χ0n) is 9.36. The maximum absolute atomic E-state index is 5.59. The van der Waals surface area contributed by atoms with E-state index in [1.54, 1.807) is 0 Å². The Hall–Kier alpha value is -2.36. The van der Waals surface area contributed by atoms with Crippen LogP contribution in [0, 0.1) is 0 Å². The first-order valence-corrected chi connectivity index (χ1v) is 5.80. The van der Waals surface area contributed by atoms with Gasteiger partial charge in [0.15, 0.2) is 11.5 Å². The molecule has 0 saturated carbocycles. The van der Waals surface area contributed by atoms with Gasteiger partial charge in [-0.15, -0.1) is 0 Å². The molecule has 88 valence electrons. The van der Waals surface area contributed by atoms with Gasteiger partial charge in [-0.1, -0.05) is 24.3 Å². The molecule has 0 atom stereocenters. The Bertz CT molecular complexity index is 645. The van der Waals surface area contributed by atoms with Crippen LogP contribution in [0.5, 0.6) is 23.0 Å². The van der Waals surface area contributed by atoms with Crippen LogP contribution in [0.4, 0.5) is 0 Å². The van der Waals surface area contributed by atoms with Crippen molar-refractivity contribution in [2.45, 2.75) is 0 Å². The molecule has 18 heavy (non-hydrogen) atoms. The first-order valence-electron chi connectivity index (χ1n) is 5.80. The zero-order valence-corrected chi connectivity index (χ0v) is 9.36. The van der Waals surface area contributed by atoms with Gasteiger partial charge >= 0.3 is 0 Å². The molecule has 1 aliphatic carbocycles. The van der Waals surface area contributed by atoms with Crippen molar-refractivity contribution in [2.24, 2.45) is 0 Å². The molecule has 2 heterocycles. The van der Waals surface area contributed by atoms with E-state index in [-0.39, 0.29) is 13.6 Å². The average Bonchev–Trinajstić information content (AvgIpc) is 3.00. The van der Waals surface area contributed by atoms with Crippen molar-refractivity contribution in [3.8, 4) is 45.3 Å². The highest BCUT2D eigenvalue weighted by atomic mass is 16.7. The molecule has 0 radical (unpaired) electrons. The van der Waals surface area contributed by atoms with E-state index in [1.165, 1.54) is 11.1 Å². The molecule has 2 aliphatic heterocycles. The lowest BCUT2D eigenvalue weighted by Crippen LogP contribution is -2.02. The molecule has 5 rings (SSSR count). The zero-order chi connectivity index (χ0) is 11.7. The van der Waals surface area contributed by atoms with Crippen LogP contribution in [0.3, 0.4) is 0 Å². The number of hydrogen-bond acceptors (Lipinski definition) is 4. The highest BCUT2D eigenvalue weighted by molar-refractivity contribution is 6.10. The van der Waals surface area contributed by atoms with E-state index in [0.29, 0.717) is 11.5 Å². The van der Waals surface area contributed by atoms with Gasteiger partial charge in [-0.2, -0.15) is 0 Å². The molecular formula is C14H8O4. The van der Waals surface area contributed by atoms with Gasteiger partial charge in [0.2, 0.25) is 25.1 Å². The highest BCUT2D eigenvalue weighted by Crippen LogP contribution is 2.65. The Labute approximate surface area is 103 Å². The number of rotatable bonds is 0. The van der Waals surface area contributed by atoms with Crippen LogP contribution >= 0.6 is 0 Å². The molecule has 4 heteroatoms. The maximum Gasteiger partial charge on any atom is 0.231 e. The van der Waals surface area contributed by atoms with Gasteiger partial charge in [-0.05, 0) is 11.1 Å². The summed E-state index contributed by atoms with van der Waals surface area (Å²) in [6, 6.07) is 8.22. The summed E-state index contributed by atoms with van der Waals surface area (Å²) in [4.78, 5) is 0. The minimum absolute atomic E-state index is 0.240. The van der Waals surface area contributed by atoms with Gasteiger partial charge < -0.3 is 18.9 Å². The molecule has 0 saturated heterocycles. The average molecular weight is 240 g/mol. The van der Waals surface area contributed by atoms with Gasteiger partial charge in [-0.25, -0.2) is 0 Å². The predicted molar refractivity (Wildman–Crippen MR) is 63.1 cm³/mol. The molecule has 0 fully saturated rings. The van der Waals surface area contributed by atoms with E-state index in [2.05, 4.69) is 12.1 Å². The molecule has 0 N–H and O–H groups in total. The van der Waals surface area contributed by atoms with E-state index in [1.807, 2.05) is 12.1 Å². The van der Waals surface area contributed by atoms with E-state index in [9.17, 15) is 0 Å². The molecule has 2 aromatic rings. The lowest BCUT2D eigenvalue weighted by Gasteiger charge is -2.26. The van der Waals surface area contributed by atoms with Crippen LogP contribution in [-0.4, -0.2) is 13.6 Å². The summed E-state index contributed by atoms with van der Waals surface area (Å²) in [5.41, 5.74) is 4.55. The molecule has 4 nitrogen and oxygen atoms in total. The minimum atomic E-state index is 0.240. The standard InChI is InChI=1S/C14H8O4/c1-2-4-8-7(3-1)9-10(8)12-14(18-6-16-12)13-11(9)15-5-17-13/h1-4H,5-6H2. The number of fused-ring (bicyclic) bond motifs is 9. The first-order chi connectivity index (χ1) is 8.95. The van der Waals surface area contributed by atoms with Crippen LogP contribution in [0.2, 0.25) is 0 Å². The number of ether oxygens (including phenoxy) is 4. The quantitative estimate of drug-likeness (QED) is 0.605. The molecule has 0 unspecified atom stereocenters. The summed E-state index contributed by atoms with van der Waals surface area (Å²) in [7, 11) is 0. The van der Waals surface area contributed by atoms with E-state index in [0.717, 1.165) is 22.6 Å². The molecule has 0 spiro atoms. The van der Waals surface area contributed by atoms with Gasteiger partial charge in [0.25, 0.3) is 0 Å². The van der Waals surface area contributed by atoms with Gasteiger partial charge in [0.1, 0.15) is 0 Å². The molecule has 0 aromatic heterocycles. The summed E-state index contributed by atoms with van der Waals surface area (Å²) in [5.74, 6) is 2.92. The molecule has 2 aromatic carbocycles. The molecule has 0 amide bonds. The second-order valence-corrected chi connectivity index (χ2v) is 4.43. The van der Waals surface area contributed by atoms with Crippen LogP contribution in [0.25, 0.3) is 22.3 Å². The Balaban J connectivity index is 1.92. The molecular weight excluding hydrogens is 232 g/mol. The van der Waals surface area contributed by atoms with Crippen LogP contribution in [-0.2, 0) is 0 Å². The predicted octanol–water partition coefficient (Wildman–Crippen LogP) is 2.79. The second-order valence-electron chi connectivity index (χ2n) is 4.43. The Morgan fingerprint density at radius 3 is 1.56 bits per heavy atom. The van der Waals surface area contributed by atoms with E-state index in [4.69, 9.17) is 18.9 Å². The summed E-state index contributed by atoms with van der Waals surface area (Å²) < 4.78 is 22.2. The number of benzene rings is 2. The summed E-state index contributed by atoms with van der Waals surface area (Å²) in [6.45, 7) is 0.480. The third-order valence-corrected chi connectivity index (χ3v) is 3.60. The van der Waals surface area contributed by atoms with Crippen molar-refractivity contribution in [1.29, 1.82) is 0 Å². The summed E-state index contributed by atoms with van der Waals surface area (Å²) >= 11 is 0. The van der Waals surface area contributed by atoms with Crippen LogP contribution in [0.15, 0.2) is 24.3 Å². The van der Waals surface area contributed by atoms with Crippen LogP contribution in [0.1, 0.15) is 0 Å². The Morgan fingerprint density at radius 1 is 0.611 bits per heavy atom. The highest BCUT2D eigenvalue weighted by Gasteiger charge is 2.40. The molecule has 3 aliphatic rings. The number of hydrogen-bond donors (Lipinski definition) is 0. The fourth-order valence-electron chi connectivity index (χ4n) is 2.86. The topological polar surface area (TPSA) is 36.9 Å². The normalized spacial score (nSPS) is 16.0. The van der Waals surface area contributed by atoms with Gasteiger partial charge in [-0.3, -0.25) is 0 Å². The maximum atomic E-state index is 5.59. The van der Waals surface area contributed by atoms with Crippen molar-refractivity contribution in [3.63, 3.8) is 0 Å². The van der Waals surface area contributed by atoms with Crippen molar-refractivity contribution in [1.82, 2.24) is 0 Å². The van der Waals surface area contributed by atoms with E-state index < -0.39 is 0 Å². The smallest absolute Gasteiger partial charge is 0.231 e. The second kappa shape index (κ2) is 2.72. The monoisotopic (exact) mass is 240 g/mol. The lowest BCUT2D eigenvalue weighted by molar-refractivity contribution is 0.157. The largest absolute Gasteiger partial charge is 0.453 e. The molecule has 0 bridgehead atoms. The third-order valence-electron chi connectivity index (χ3n) is 3.60. The summed E-state index contributed by atoms with van der Waals surface area (Å²) in [5, 5.41) is 0. The SMILES string of the molecule is c1ccc2c(c1)-c1c3c(c4c(c1-2)OCO4)OCO3. The van der Waals surface area contributed by atoms with Crippen molar-refractivity contribution >= 4 is 0 Å². The first kappa shape index (κ1) is 8.69. The fraction of sp³-hybridized carbons (Fsp3) is 0.143. The minimum Gasteiger partial charge on any atom is -0.453 e. The van der Waals surface area contributed by atoms with Crippen molar-refractivity contribution < 1.29 is 18.9 Å². The van der Waals surface area contributed by atoms with Crippen LogP contribution < -0.4 is 18.9 Å². The third kappa shape index (κ3) is 0.786. The van der Waals surface area contributed by atoms with E-state index >= 15 is 0 Å². The lowest BCUT2D eigenvalue weighted by atomic mass is 9.79.